The van der Waals surface area contributed by atoms with Gasteiger partial charge >= 0.3 is 5.97 Å². The van der Waals surface area contributed by atoms with Crippen LogP contribution in [-0.4, -0.2) is 58.3 Å². The molecular formula is C18H20N4O3. The molecule has 1 N–H and O–H groups in total. The van der Waals surface area contributed by atoms with Crippen LogP contribution in [0.1, 0.15) is 32.0 Å². The number of carboxylic acid groups (broad SMARTS) is 1. The van der Waals surface area contributed by atoms with Crippen LogP contribution >= 0.6 is 0 Å². The average molecular weight is 340 g/mol. The van der Waals surface area contributed by atoms with E-state index in [1.807, 2.05) is 41.8 Å². The topological polar surface area (TPSA) is 86.6 Å². The Morgan fingerprint density at radius 2 is 1.72 bits per heavy atom. The average Bonchev–Trinajstić information content (AvgIpc) is 2.63. The zero-order valence-electron chi connectivity index (χ0n) is 14.3. The zero-order valence-corrected chi connectivity index (χ0v) is 14.3. The summed E-state index contributed by atoms with van der Waals surface area (Å²) in [6.07, 6.45) is 0. The van der Waals surface area contributed by atoms with E-state index >= 15 is 0 Å². The Hall–Kier alpha value is -2.96. The second-order valence-corrected chi connectivity index (χ2v) is 6.18. The quantitative estimate of drug-likeness (QED) is 0.916. The lowest BCUT2D eigenvalue weighted by Crippen LogP contribution is -2.49. The van der Waals surface area contributed by atoms with Crippen molar-refractivity contribution in [1.29, 1.82) is 0 Å². The highest BCUT2D eigenvalue weighted by molar-refractivity contribution is 5.96. The summed E-state index contributed by atoms with van der Waals surface area (Å²) in [6.45, 7) is 6.38. The van der Waals surface area contributed by atoms with Gasteiger partial charge in [0.25, 0.3) is 5.91 Å². The fourth-order valence-electron chi connectivity index (χ4n) is 2.88. The van der Waals surface area contributed by atoms with Crippen LogP contribution in [-0.2, 0) is 0 Å². The summed E-state index contributed by atoms with van der Waals surface area (Å²) in [5, 5.41) is 16.5. The van der Waals surface area contributed by atoms with E-state index in [0.29, 0.717) is 32.0 Å². The Kier molecular flexibility index (Phi) is 4.65. The van der Waals surface area contributed by atoms with Gasteiger partial charge in [0.15, 0.2) is 11.5 Å². The molecule has 1 amide bonds. The summed E-state index contributed by atoms with van der Waals surface area (Å²) in [5.41, 5.74) is 2.72. The number of hydrogen-bond donors (Lipinski definition) is 1. The molecule has 0 unspecified atom stereocenters. The van der Waals surface area contributed by atoms with Crippen LogP contribution in [0.25, 0.3) is 0 Å². The smallest absolute Gasteiger partial charge is 0.356 e. The molecule has 7 heteroatoms. The third-order valence-electron chi connectivity index (χ3n) is 4.38. The number of anilines is 1. The number of piperazine rings is 1. The van der Waals surface area contributed by atoms with Crippen molar-refractivity contribution in [2.45, 2.75) is 13.8 Å². The predicted octanol–water partition coefficient (Wildman–Crippen LogP) is 1.75. The number of benzene rings is 1. The first-order chi connectivity index (χ1) is 12.0. The van der Waals surface area contributed by atoms with Crippen LogP contribution in [0.15, 0.2) is 30.3 Å². The lowest BCUT2D eigenvalue weighted by atomic mass is 10.0. The zero-order chi connectivity index (χ0) is 18.0. The number of nitrogens with zero attached hydrogens (tertiary/aromatic N) is 4. The fraction of sp³-hybridized carbons (Fsp3) is 0.333. The Morgan fingerprint density at radius 1 is 1.00 bits per heavy atom. The van der Waals surface area contributed by atoms with E-state index in [0.717, 1.165) is 16.7 Å². The summed E-state index contributed by atoms with van der Waals surface area (Å²) in [5.74, 6) is -0.417. The van der Waals surface area contributed by atoms with Gasteiger partial charge in [0.1, 0.15) is 0 Å². The molecule has 0 radical (unpaired) electrons. The van der Waals surface area contributed by atoms with Gasteiger partial charge in [0.2, 0.25) is 0 Å². The molecule has 0 spiro atoms. The predicted molar refractivity (Wildman–Crippen MR) is 93.0 cm³/mol. The first-order valence-corrected chi connectivity index (χ1v) is 8.14. The van der Waals surface area contributed by atoms with Crippen molar-refractivity contribution >= 4 is 17.7 Å². The maximum Gasteiger partial charge on any atom is 0.356 e. The minimum atomic E-state index is -1.09. The molecule has 0 aliphatic carbocycles. The molecule has 130 valence electrons. The summed E-state index contributed by atoms with van der Waals surface area (Å²) < 4.78 is 0. The molecule has 2 heterocycles. The van der Waals surface area contributed by atoms with E-state index in [1.165, 1.54) is 6.07 Å². The minimum Gasteiger partial charge on any atom is -0.476 e. The van der Waals surface area contributed by atoms with Gasteiger partial charge in [-0.3, -0.25) is 4.79 Å². The molecule has 7 nitrogen and oxygen atoms in total. The maximum absolute atomic E-state index is 12.7. The Morgan fingerprint density at radius 3 is 2.32 bits per heavy atom. The Balaban J connectivity index is 1.66. The van der Waals surface area contributed by atoms with Crippen LogP contribution in [0.5, 0.6) is 0 Å². The van der Waals surface area contributed by atoms with E-state index in [4.69, 9.17) is 5.11 Å². The third-order valence-corrected chi connectivity index (χ3v) is 4.38. The molecule has 1 aliphatic rings. The van der Waals surface area contributed by atoms with E-state index in [1.54, 1.807) is 6.07 Å². The van der Waals surface area contributed by atoms with Crippen LogP contribution in [0.3, 0.4) is 0 Å². The van der Waals surface area contributed by atoms with Gasteiger partial charge in [-0.25, -0.2) is 4.79 Å². The van der Waals surface area contributed by atoms with Crippen LogP contribution < -0.4 is 4.90 Å². The van der Waals surface area contributed by atoms with Crippen molar-refractivity contribution in [3.8, 4) is 0 Å². The number of aromatic carboxylic acids is 1. The second-order valence-electron chi connectivity index (χ2n) is 6.18. The second kappa shape index (κ2) is 6.88. The molecule has 1 aromatic carbocycles. The largest absolute Gasteiger partial charge is 0.476 e. The molecule has 0 saturated carbocycles. The summed E-state index contributed by atoms with van der Waals surface area (Å²) in [7, 11) is 0. The number of carboxylic acids is 1. The highest BCUT2D eigenvalue weighted by Crippen LogP contribution is 2.17. The normalized spacial score (nSPS) is 14.5. The van der Waals surface area contributed by atoms with Crippen LogP contribution in [0, 0.1) is 13.8 Å². The number of aryl methyl sites for hydroxylation is 2. The molecule has 1 aliphatic heterocycles. The minimum absolute atomic E-state index is 0.0492. The summed E-state index contributed by atoms with van der Waals surface area (Å²) in [6, 6.07) is 9.00. The SMILES string of the molecule is Cc1ccc(C)c(C(=O)N2CCN(c3ccc(C(=O)O)nn3)CC2)c1. The van der Waals surface area contributed by atoms with Crippen molar-refractivity contribution in [3.05, 3.63) is 52.7 Å². The van der Waals surface area contributed by atoms with Gasteiger partial charge in [-0.05, 0) is 37.6 Å². The van der Waals surface area contributed by atoms with Crippen molar-refractivity contribution in [3.63, 3.8) is 0 Å². The molecule has 1 aromatic heterocycles. The number of carbonyl (C=O) groups excluding carboxylic acids is 1. The van der Waals surface area contributed by atoms with Gasteiger partial charge in [-0.1, -0.05) is 17.7 Å². The molecular weight excluding hydrogens is 320 g/mol. The van der Waals surface area contributed by atoms with Crippen molar-refractivity contribution in [1.82, 2.24) is 15.1 Å². The number of amides is 1. The van der Waals surface area contributed by atoms with Crippen LogP contribution in [0.2, 0.25) is 0 Å². The maximum atomic E-state index is 12.7. The van der Waals surface area contributed by atoms with E-state index in [2.05, 4.69) is 10.2 Å². The van der Waals surface area contributed by atoms with E-state index in [9.17, 15) is 9.59 Å². The Labute approximate surface area is 145 Å². The number of aromatic nitrogens is 2. The molecule has 25 heavy (non-hydrogen) atoms. The van der Waals surface area contributed by atoms with Crippen molar-refractivity contribution in [2.24, 2.45) is 0 Å². The lowest BCUT2D eigenvalue weighted by molar-refractivity contribution is 0.0687. The number of carbonyl (C=O) groups is 2. The number of rotatable bonds is 3. The van der Waals surface area contributed by atoms with Crippen molar-refractivity contribution in [2.75, 3.05) is 31.1 Å². The van der Waals surface area contributed by atoms with Gasteiger partial charge < -0.3 is 14.9 Å². The third kappa shape index (κ3) is 3.60. The molecule has 1 saturated heterocycles. The monoisotopic (exact) mass is 340 g/mol. The van der Waals surface area contributed by atoms with Crippen LogP contribution in [0.4, 0.5) is 5.82 Å². The van der Waals surface area contributed by atoms with Gasteiger partial charge in [0, 0.05) is 31.7 Å². The van der Waals surface area contributed by atoms with Crippen molar-refractivity contribution < 1.29 is 14.7 Å². The van der Waals surface area contributed by atoms with E-state index in [-0.39, 0.29) is 11.6 Å². The fourth-order valence-corrected chi connectivity index (χ4v) is 2.88. The highest BCUT2D eigenvalue weighted by atomic mass is 16.4. The molecule has 1 fully saturated rings. The summed E-state index contributed by atoms with van der Waals surface area (Å²) >= 11 is 0. The number of hydrogen-bond acceptors (Lipinski definition) is 5. The highest BCUT2D eigenvalue weighted by Gasteiger charge is 2.24. The van der Waals surface area contributed by atoms with Gasteiger partial charge in [-0.15, -0.1) is 10.2 Å². The van der Waals surface area contributed by atoms with E-state index < -0.39 is 5.97 Å². The standard InChI is InChI=1S/C18H20N4O3/c1-12-3-4-13(2)14(11-12)17(23)22-9-7-21(8-10-22)16-6-5-15(18(24)25)19-20-16/h3-6,11H,7-10H2,1-2H3,(H,24,25). The van der Waals surface area contributed by atoms with Gasteiger partial charge in [0.05, 0.1) is 0 Å². The first-order valence-electron chi connectivity index (χ1n) is 8.14. The molecule has 3 rings (SSSR count). The molecule has 2 aromatic rings. The molecule has 0 bridgehead atoms. The van der Waals surface area contributed by atoms with Gasteiger partial charge in [-0.2, -0.15) is 0 Å². The summed E-state index contributed by atoms with van der Waals surface area (Å²) in [4.78, 5) is 27.4. The molecule has 0 atom stereocenters. The Bertz CT molecular complexity index is 796. The first kappa shape index (κ1) is 16.9. The lowest BCUT2D eigenvalue weighted by Gasteiger charge is -2.35.